The van der Waals surface area contributed by atoms with Crippen molar-refractivity contribution in [2.24, 2.45) is 5.73 Å². The number of hydrogen-bond donors (Lipinski definition) is 2. The first-order valence-corrected chi connectivity index (χ1v) is 8.40. The summed E-state index contributed by atoms with van der Waals surface area (Å²) in [4.78, 5) is 23.4. The molecule has 2 heterocycles. The van der Waals surface area contributed by atoms with E-state index in [0.29, 0.717) is 18.8 Å². The van der Waals surface area contributed by atoms with E-state index < -0.39 is 23.5 Å². The van der Waals surface area contributed by atoms with Crippen molar-refractivity contribution in [3.63, 3.8) is 0 Å². The van der Waals surface area contributed by atoms with E-state index in [4.69, 9.17) is 10.5 Å². The van der Waals surface area contributed by atoms with Crippen molar-refractivity contribution in [3.05, 3.63) is 29.6 Å². The molecule has 0 bridgehead atoms. The average Bonchev–Trinajstić information content (AvgIpc) is 2.95. The molecule has 1 unspecified atom stereocenters. The van der Waals surface area contributed by atoms with Gasteiger partial charge in [-0.05, 0) is 32.0 Å². The van der Waals surface area contributed by atoms with Gasteiger partial charge in [-0.15, -0.1) is 0 Å². The fourth-order valence-electron chi connectivity index (χ4n) is 3.60. The van der Waals surface area contributed by atoms with E-state index >= 15 is 4.39 Å². The number of amides is 2. The van der Waals surface area contributed by atoms with Crippen molar-refractivity contribution in [1.82, 2.24) is 9.80 Å². The summed E-state index contributed by atoms with van der Waals surface area (Å²) in [7, 11) is 0. The molecular weight excluding hydrogens is 332 g/mol. The highest BCUT2D eigenvalue weighted by Crippen LogP contribution is 2.39. The lowest BCUT2D eigenvalue weighted by molar-refractivity contribution is -0.118. The summed E-state index contributed by atoms with van der Waals surface area (Å²) in [5, 5.41) is 3.05. The SMILES string of the molecule is NC(=O)CC[N+]1(c2ccc(C3(F)CCNCC3)c(F)c2)CCOC1=O. The molecule has 2 saturated heterocycles. The third-order valence-electron chi connectivity index (χ3n) is 5.11. The lowest BCUT2D eigenvalue weighted by Crippen LogP contribution is -2.52. The second-order valence-electron chi connectivity index (χ2n) is 6.63. The zero-order valence-electron chi connectivity index (χ0n) is 13.9. The maximum atomic E-state index is 15.1. The smallest absolute Gasteiger partial charge is 0.414 e. The Labute approximate surface area is 144 Å². The van der Waals surface area contributed by atoms with Crippen LogP contribution >= 0.6 is 0 Å². The van der Waals surface area contributed by atoms with E-state index in [1.807, 2.05) is 0 Å². The molecule has 1 aromatic rings. The van der Waals surface area contributed by atoms with Crippen LogP contribution in [0.25, 0.3) is 0 Å². The van der Waals surface area contributed by atoms with E-state index in [1.54, 1.807) is 6.07 Å². The van der Waals surface area contributed by atoms with Crippen LogP contribution in [0.2, 0.25) is 0 Å². The van der Waals surface area contributed by atoms with E-state index in [2.05, 4.69) is 5.32 Å². The fraction of sp³-hybridized carbons (Fsp3) is 0.529. The highest BCUT2D eigenvalue weighted by molar-refractivity contribution is 5.85. The first-order chi connectivity index (χ1) is 11.9. The van der Waals surface area contributed by atoms with E-state index in [0.717, 1.165) is 0 Å². The molecule has 0 saturated carbocycles. The molecule has 3 rings (SSSR count). The number of carbonyl (C=O) groups is 2. The molecule has 25 heavy (non-hydrogen) atoms. The van der Waals surface area contributed by atoms with Crippen LogP contribution in [-0.2, 0) is 15.2 Å². The van der Waals surface area contributed by atoms with E-state index in [-0.39, 0.29) is 49.0 Å². The molecule has 2 aliphatic heterocycles. The molecule has 0 spiro atoms. The van der Waals surface area contributed by atoms with Crippen LogP contribution in [-0.4, -0.2) is 44.8 Å². The van der Waals surface area contributed by atoms with Crippen LogP contribution in [0, 0.1) is 5.82 Å². The Kier molecular flexibility index (Phi) is 4.75. The molecule has 2 amide bonds. The number of cyclic esters (lactones) is 1. The van der Waals surface area contributed by atoms with Gasteiger partial charge in [0.15, 0.2) is 0 Å². The zero-order valence-corrected chi connectivity index (χ0v) is 13.9. The summed E-state index contributed by atoms with van der Waals surface area (Å²) < 4.78 is 34.5. The first kappa shape index (κ1) is 17.8. The Morgan fingerprint density at radius 3 is 2.64 bits per heavy atom. The summed E-state index contributed by atoms with van der Waals surface area (Å²) in [6.45, 7) is 1.54. The van der Waals surface area contributed by atoms with Crippen LogP contribution in [0.5, 0.6) is 0 Å². The molecular formula is C17H22F2N3O3+. The lowest BCUT2D eigenvalue weighted by Gasteiger charge is -2.32. The fourth-order valence-corrected chi connectivity index (χ4v) is 3.60. The number of carbonyl (C=O) groups excluding carboxylic acids is 2. The molecule has 1 atom stereocenters. The van der Waals surface area contributed by atoms with Crippen molar-refractivity contribution in [1.29, 1.82) is 0 Å². The van der Waals surface area contributed by atoms with Crippen molar-refractivity contribution in [2.45, 2.75) is 24.9 Å². The van der Waals surface area contributed by atoms with E-state index in [9.17, 15) is 14.0 Å². The number of nitrogens with one attached hydrogen (secondary N) is 1. The Bertz CT molecular complexity index is 692. The number of rotatable bonds is 5. The Balaban J connectivity index is 1.94. The number of nitrogens with two attached hydrogens (primary N) is 1. The number of hydrogen-bond acceptors (Lipinski definition) is 4. The number of primary amides is 1. The summed E-state index contributed by atoms with van der Waals surface area (Å²) in [5.74, 6) is -1.23. The number of nitrogens with zero attached hydrogens (tertiary/aromatic N) is 1. The summed E-state index contributed by atoms with van der Waals surface area (Å²) >= 11 is 0. The molecule has 0 aliphatic carbocycles. The van der Waals surface area contributed by atoms with Gasteiger partial charge in [-0.3, -0.25) is 4.79 Å². The van der Waals surface area contributed by atoms with Gasteiger partial charge in [-0.2, -0.15) is 9.28 Å². The molecule has 8 heteroatoms. The number of piperidine rings is 1. The second kappa shape index (κ2) is 6.68. The second-order valence-corrected chi connectivity index (χ2v) is 6.63. The molecule has 0 aromatic heterocycles. The lowest BCUT2D eigenvalue weighted by atomic mass is 9.86. The molecule has 1 aromatic carbocycles. The van der Waals surface area contributed by atoms with Crippen molar-refractivity contribution >= 4 is 17.7 Å². The molecule has 0 radical (unpaired) electrons. The Morgan fingerprint density at radius 2 is 2.08 bits per heavy atom. The standard InChI is InChI=1S/C17H21F2N3O3/c18-14-11-12(1-2-13(14)17(19)4-6-21-7-5-17)22(8-3-15(20)23)9-10-25-16(22)24/h1-2,11,21H,3-10H2,(H-,20,23)/p+1. The van der Waals surface area contributed by atoms with Crippen LogP contribution in [0.3, 0.4) is 0 Å². The summed E-state index contributed by atoms with van der Waals surface area (Å²) in [6, 6.07) is 4.15. The molecule has 3 N–H and O–H groups in total. The quantitative estimate of drug-likeness (QED) is 0.789. The van der Waals surface area contributed by atoms with Crippen molar-refractivity contribution in [2.75, 3.05) is 32.8 Å². The van der Waals surface area contributed by atoms with Crippen LogP contribution in [0.4, 0.5) is 19.3 Å². The minimum atomic E-state index is -1.71. The molecule has 2 fully saturated rings. The maximum Gasteiger partial charge on any atom is 0.521 e. The van der Waals surface area contributed by atoms with Gasteiger partial charge in [0.25, 0.3) is 0 Å². The highest BCUT2D eigenvalue weighted by Gasteiger charge is 2.47. The van der Waals surface area contributed by atoms with Gasteiger partial charge >= 0.3 is 6.09 Å². The Hall–Kier alpha value is -2.06. The third kappa shape index (κ3) is 3.23. The molecule has 136 valence electrons. The van der Waals surface area contributed by atoms with Gasteiger partial charge in [-0.1, -0.05) is 0 Å². The van der Waals surface area contributed by atoms with Gasteiger partial charge < -0.3 is 15.8 Å². The average molecular weight is 354 g/mol. The van der Waals surface area contributed by atoms with Gasteiger partial charge in [0.05, 0.1) is 6.42 Å². The number of alkyl halides is 1. The summed E-state index contributed by atoms with van der Waals surface area (Å²) in [5.41, 5.74) is 3.84. The number of ether oxygens (including phenoxy) is 1. The number of halogens is 2. The summed E-state index contributed by atoms with van der Waals surface area (Å²) in [6.07, 6.45) is -0.179. The normalized spacial score (nSPS) is 25.6. The first-order valence-electron chi connectivity index (χ1n) is 8.40. The number of quaternary nitrogens is 1. The minimum Gasteiger partial charge on any atom is -0.414 e. The highest BCUT2D eigenvalue weighted by atomic mass is 19.1. The van der Waals surface area contributed by atoms with Gasteiger partial charge in [0.2, 0.25) is 5.91 Å². The van der Waals surface area contributed by atoms with E-state index in [1.165, 1.54) is 12.1 Å². The largest absolute Gasteiger partial charge is 0.521 e. The number of benzene rings is 1. The maximum absolute atomic E-state index is 15.1. The minimum absolute atomic E-state index is 0.0124. The molecule has 2 aliphatic rings. The predicted octanol–water partition coefficient (Wildman–Crippen LogP) is 1.71. The van der Waals surface area contributed by atoms with Crippen LogP contribution in [0.1, 0.15) is 24.8 Å². The zero-order chi connectivity index (χ0) is 18.1. The van der Waals surface area contributed by atoms with Crippen LogP contribution < -0.4 is 15.5 Å². The monoisotopic (exact) mass is 354 g/mol. The van der Waals surface area contributed by atoms with Crippen molar-refractivity contribution < 1.29 is 23.1 Å². The topological polar surface area (TPSA) is 81.4 Å². The molecule has 6 nitrogen and oxygen atoms in total. The third-order valence-corrected chi connectivity index (χ3v) is 5.11. The van der Waals surface area contributed by atoms with Crippen molar-refractivity contribution in [3.8, 4) is 0 Å². The predicted molar refractivity (Wildman–Crippen MR) is 88.0 cm³/mol. The van der Waals surface area contributed by atoms with Crippen LogP contribution in [0.15, 0.2) is 18.2 Å². The van der Waals surface area contributed by atoms with Gasteiger partial charge in [0.1, 0.15) is 36.9 Å². The Morgan fingerprint density at radius 1 is 1.36 bits per heavy atom. The van der Waals surface area contributed by atoms with Gasteiger partial charge in [-0.25, -0.2) is 8.78 Å². The van der Waals surface area contributed by atoms with Gasteiger partial charge in [0, 0.05) is 17.7 Å².